The fraction of sp³-hybridized carbons (Fsp3) is 0.278. The highest BCUT2D eigenvalue weighted by atomic mass is 79.9. The molecule has 2 rings (SSSR count). The first-order chi connectivity index (χ1) is 12.5. The van der Waals surface area contributed by atoms with Gasteiger partial charge in [0.25, 0.3) is 0 Å². The van der Waals surface area contributed by atoms with E-state index in [1.807, 2.05) is 18.2 Å². The molecule has 0 aliphatic rings. The van der Waals surface area contributed by atoms with E-state index in [9.17, 15) is 9.36 Å². The Kier molecular flexibility index (Phi) is 7.85. The largest absolute Gasteiger partial charge is 0.335 e. The molecule has 2 amide bonds. The van der Waals surface area contributed by atoms with Crippen molar-refractivity contribution in [3.63, 3.8) is 0 Å². The number of urea groups is 1. The van der Waals surface area contributed by atoms with Crippen LogP contribution in [-0.2, 0) is 19.8 Å². The lowest BCUT2D eigenvalue weighted by Crippen LogP contribution is -2.19. The van der Waals surface area contributed by atoms with Crippen molar-refractivity contribution in [1.29, 1.82) is 0 Å². The van der Waals surface area contributed by atoms with Crippen LogP contribution in [0.25, 0.3) is 0 Å². The van der Waals surface area contributed by atoms with E-state index >= 15 is 0 Å². The first kappa shape index (κ1) is 20.6. The van der Waals surface area contributed by atoms with Gasteiger partial charge in [-0.2, -0.15) is 0 Å². The minimum atomic E-state index is -3.14. The molecule has 0 aliphatic heterocycles. The number of benzene rings is 2. The minimum Gasteiger partial charge on any atom is -0.309 e. The topological polar surface area (TPSA) is 76.7 Å². The number of anilines is 2. The van der Waals surface area contributed by atoms with Crippen molar-refractivity contribution in [3.05, 3.63) is 58.6 Å². The lowest BCUT2D eigenvalue weighted by Gasteiger charge is -2.17. The number of para-hydroxylation sites is 1. The predicted octanol–water partition coefficient (Wildman–Crippen LogP) is 5.86. The van der Waals surface area contributed by atoms with E-state index in [4.69, 9.17) is 9.05 Å². The lowest BCUT2D eigenvalue weighted by molar-refractivity contribution is 0.219. The lowest BCUT2D eigenvalue weighted by atomic mass is 10.2. The Morgan fingerprint density at radius 1 is 1.00 bits per heavy atom. The van der Waals surface area contributed by atoms with Crippen LogP contribution in [0.2, 0.25) is 0 Å². The minimum absolute atomic E-state index is 0.193. The summed E-state index contributed by atoms with van der Waals surface area (Å²) in [5.74, 6) is 0. The number of hydrogen-bond acceptors (Lipinski definition) is 4. The first-order valence-electron chi connectivity index (χ1n) is 8.25. The number of carbonyl (C=O) groups excluding carboxylic acids is 1. The van der Waals surface area contributed by atoms with Crippen molar-refractivity contribution in [2.45, 2.75) is 20.0 Å². The van der Waals surface area contributed by atoms with Crippen LogP contribution >= 0.6 is 23.5 Å². The standard InChI is InChI=1S/C18H22BrN2O4P/c1-3-24-26(23,25-4-2)13-14-9-11-15(12-10-14)20-18(22)21-17-8-6-5-7-16(17)19/h5-12H,3-4,13H2,1-2H3,(H2,20,21,22). The van der Waals surface area contributed by atoms with E-state index in [-0.39, 0.29) is 12.2 Å². The van der Waals surface area contributed by atoms with Gasteiger partial charge in [-0.3, -0.25) is 4.57 Å². The summed E-state index contributed by atoms with van der Waals surface area (Å²) in [5, 5.41) is 5.52. The molecule has 2 N–H and O–H groups in total. The maximum Gasteiger partial charge on any atom is 0.335 e. The molecule has 0 aliphatic carbocycles. The zero-order chi connectivity index (χ0) is 19.0. The highest BCUT2D eigenvalue weighted by Crippen LogP contribution is 2.51. The summed E-state index contributed by atoms with van der Waals surface area (Å²) >= 11 is 3.38. The van der Waals surface area contributed by atoms with Crippen molar-refractivity contribution in [2.75, 3.05) is 23.8 Å². The van der Waals surface area contributed by atoms with Gasteiger partial charge >= 0.3 is 13.6 Å². The number of rotatable bonds is 8. The van der Waals surface area contributed by atoms with Crippen molar-refractivity contribution in [2.24, 2.45) is 0 Å². The van der Waals surface area contributed by atoms with E-state index in [0.29, 0.717) is 24.6 Å². The summed E-state index contributed by atoms with van der Waals surface area (Å²) in [4.78, 5) is 12.1. The molecular formula is C18H22BrN2O4P. The molecule has 0 unspecified atom stereocenters. The molecule has 2 aromatic rings. The summed E-state index contributed by atoms with van der Waals surface area (Å²) in [6.07, 6.45) is 0.193. The summed E-state index contributed by atoms with van der Waals surface area (Å²) < 4.78 is 23.9. The number of carbonyl (C=O) groups is 1. The van der Waals surface area contributed by atoms with Gasteiger partial charge in [0.15, 0.2) is 0 Å². The zero-order valence-electron chi connectivity index (χ0n) is 14.7. The molecular weight excluding hydrogens is 419 g/mol. The highest BCUT2D eigenvalue weighted by Gasteiger charge is 2.23. The summed E-state index contributed by atoms with van der Waals surface area (Å²) in [6, 6.07) is 14.1. The average Bonchev–Trinajstić information content (AvgIpc) is 2.59. The summed E-state index contributed by atoms with van der Waals surface area (Å²) in [7, 11) is -3.14. The summed E-state index contributed by atoms with van der Waals surface area (Å²) in [5.41, 5.74) is 2.11. The van der Waals surface area contributed by atoms with Crippen molar-refractivity contribution in [1.82, 2.24) is 0 Å². The van der Waals surface area contributed by atoms with Gasteiger partial charge in [-0.1, -0.05) is 24.3 Å². The highest BCUT2D eigenvalue weighted by molar-refractivity contribution is 9.10. The molecule has 0 saturated heterocycles. The fourth-order valence-electron chi connectivity index (χ4n) is 2.29. The second-order valence-electron chi connectivity index (χ2n) is 5.36. The smallest absolute Gasteiger partial charge is 0.309 e. The Bertz CT molecular complexity index is 773. The van der Waals surface area contributed by atoms with E-state index in [1.165, 1.54) is 0 Å². The van der Waals surface area contributed by atoms with E-state index in [1.54, 1.807) is 44.2 Å². The Morgan fingerprint density at radius 3 is 2.19 bits per heavy atom. The molecule has 0 aromatic heterocycles. The van der Waals surface area contributed by atoms with Crippen LogP contribution in [0.15, 0.2) is 53.0 Å². The van der Waals surface area contributed by atoms with Crippen LogP contribution in [0.1, 0.15) is 19.4 Å². The Morgan fingerprint density at radius 2 is 1.62 bits per heavy atom. The molecule has 0 spiro atoms. The molecule has 0 radical (unpaired) electrons. The zero-order valence-corrected chi connectivity index (χ0v) is 17.2. The molecule has 8 heteroatoms. The molecule has 0 atom stereocenters. The third-order valence-electron chi connectivity index (χ3n) is 3.36. The average molecular weight is 441 g/mol. The Labute approximate surface area is 161 Å². The molecule has 0 heterocycles. The second kappa shape index (κ2) is 9.88. The van der Waals surface area contributed by atoms with Crippen LogP contribution < -0.4 is 10.6 Å². The van der Waals surface area contributed by atoms with Gasteiger partial charge in [0.2, 0.25) is 0 Å². The second-order valence-corrected chi connectivity index (χ2v) is 8.27. The van der Waals surface area contributed by atoms with Gasteiger partial charge in [-0.05, 0) is 59.6 Å². The molecule has 0 bridgehead atoms. The van der Waals surface area contributed by atoms with Crippen molar-refractivity contribution in [3.8, 4) is 0 Å². The molecule has 2 aromatic carbocycles. The van der Waals surface area contributed by atoms with Crippen LogP contribution in [0.5, 0.6) is 0 Å². The van der Waals surface area contributed by atoms with E-state index < -0.39 is 7.60 Å². The monoisotopic (exact) mass is 440 g/mol. The van der Waals surface area contributed by atoms with E-state index in [2.05, 4.69) is 26.6 Å². The third-order valence-corrected chi connectivity index (χ3v) is 6.11. The molecule has 140 valence electrons. The van der Waals surface area contributed by atoms with Crippen LogP contribution in [0, 0.1) is 0 Å². The maximum atomic E-state index is 12.6. The van der Waals surface area contributed by atoms with Gasteiger partial charge in [-0.15, -0.1) is 0 Å². The Balaban J connectivity index is 1.97. The van der Waals surface area contributed by atoms with Gasteiger partial charge in [0, 0.05) is 10.2 Å². The molecule has 6 nitrogen and oxygen atoms in total. The third kappa shape index (κ3) is 6.25. The van der Waals surface area contributed by atoms with Gasteiger partial charge < -0.3 is 19.7 Å². The maximum absolute atomic E-state index is 12.6. The normalized spacial score (nSPS) is 11.2. The van der Waals surface area contributed by atoms with Crippen LogP contribution in [0.3, 0.4) is 0 Å². The molecule has 26 heavy (non-hydrogen) atoms. The number of nitrogens with one attached hydrogen (secondary N) is 2. The van der Waals surface area contributed by atoms with Gasteiger partial charge in [0.1, 0.15) is 0 Å². The molecule has 0 fully saturated rings. The predicted molar refractivity (Wildman–Crippen MR) is 108 cm³/mol. The van der Waals surface area contributed by atoms with Gasteiger partial charge in [0.05, 0.1) is 25.1 Å². The molecule has 0 saturated carbocycles. The fourth-order valence-corrected chi connectivity index (χ4v) is 4.37. The van der Waals surface area contributed by atoms with E-state index in [0.717, 1.165) is 10.0 Å². The van der Waals surface area contributed by atoms with Crippen LogP contribution in [-0.4, -0.2) is 19.2 Å². The number of amides is 2. The summed E-state index contributed by atoms with van der Waals surface area (Å²) in [6.45, 7) is 4.21. The van der Waals surface area contributed by atoms with Gasteiger partial charge in [-0.25, -0.2) is 4.79 Å². The van der Waals surface area contributed by atoms with Crippen molar-refractivity contribution < 1.29 is 18.4 Å². The quantitative estimate of drug-likeness (QED) is 0.504. The first-order valence-corrected chi connectivity index (χ1v) is 10.8. The number of halogens is 1. The SMILES string of the molecule is CCOP(=O)(Cc1ccc(NC(=O)Nc2ccccc2Br)cc1)OCC. The van der Waals surface area contributed by atoms with Crippen molar-refractivity contribution >= 4 is 40.9 Å². The van der Waals surface area contributed by atoms with Crippen LogP contribution in [0.4, 0.5) is 16.2 Å². The number of hydrogen-bond donors (Lipinski definition) is 2. The Hall–Kier alpha value is -1.66.